The topological polar surface area (TPSA) is 69.7 Å². The average Bonchev–Trinajstić information content (AvgIpc) is 2.85. The van der Waals surface area contributed by atoms with E-state index in [0.29, 0.717) is 40.9 Å². The summed E-state index contributed by atoms with van der Waals surface area (Å²) in [7, 11) is -3.81. The molecule has 0 radical (unpaired) electrons. The van der Waals surface area contributed by atoms with Gasteiger partial charge in [0.1, 0.15) is 0 Å². The van der Waals surface area contributed by atoms with Crippen molar-refractivity contribution in [3.63, 3.8) is 0 Å². The summed E-state index contributed by atoms with van der Waals surface area (Å²) in [5, 5.41) is 0.877. The van der Waals surface area contributed by atoms with E-state index in [2.05, 4.69) is 39.4 Å². The number of carbonyl (C=O) groups excluding carboxylic acids is 1. The van der Waals surface area contributed by atoms with Crippen molar-refractivity contribution in [1.29, 1.82) is 0 Å². The third-order valence-electron chi connectivity index (χ3n) is 5.71. The minimum absolute atomic E-state index is 0.128. The molecule has 1 amide bonds. The Labute approximate surface area is 231 Å². The van der Waals surface area contributed by atoms with Crippen molar-refractivity contribution >= 4 is 60.7 Å². The zero-order chi connectivity index (χ0) is 26.3. The Hall–Kier alpha value is -2.10. The number of rotatable bonds is 11. The molecule has 0 unspecified atom stereocenters. The molecule has 0 heterocycles. The van der Waals surface area contributed by atoms with E-state index in [1.54, 1.807) is 53.4 Å². The zero-order valence-corrected chi connectivity index (χ0v) is 24.0. The second-order valence-electron chi connectivity index (χ2n) is 8.14. The number of hydrogen-bond donors (Lipinski definition) is 1. The molecule has 0 saturated heterocycles. The maximum atomic E-state index is 13.6. The molecule has 192 valence electrons. The number of anilines is 1. The van der Waals surface area contributed by atoms with Gasteiger partial charge in [-0.15, -0.1) is 0 Å². The Morgan fingerprint density at radius 1 is 0.917 bits per heavy atom. The van der Waals surface area contributed by atoms with E-state index in [1.807, 2.05) is 6.07 Å². The highest BCUT2D eigenvalue weighted by Crippen LogP contribution is 2.24. The van der Waals surface area contributed by atoms with E-state index in [1.165, 1.54) is 12.1 Å². The number of nitrogens with zero attached hydrogens (tertiary/aromatic N) is 2. The molecule has 0 saturated carbocycles. The molecule has 3 rings (SSSR count). The molecular weight excluding hydrogens is 585 g/mol. The van der Waals surface area contributed by atoms with Crippen molar-refractivity contribution in [3.05, 3.63) is 92.4 Å². The molecule has 36 heavy (non-hydrogen) atoms. The van der Waals surface area contributed by atoms with Gasteiger partial charge in [0.25, 0.3) is 15.9 Å². The molecule has 3 aromatic rings. The predicted octanol–water partition coefficient (Wildman–Crippen LogP) is 6.54. The standard InChI is InChI=1S/C26H28BrCl2N3O3S/c1-3-31(4-2)14-15-32(18-19-8-13-24(28)25(29)16-19)26(33)20-6-5-7-22(17-20)30-36(34,35)23-11-9-21(27)10-12-23/h5-13,16-17,30H,3-4,14-15,18H2,1-2H3. The van der Waals surface area contributed by atoms with Gasteiger partial charge >= 0.3 is 0 Å². The highest BCUT2D eigenvalue weighted by atomic mass is 79.9. The summed E-state index contributed by atoms with van der Waals surface area (Å²) in [6.45, 7) is 7.44. The first-order valence-corrected chi connectivity index (χ1v) is 14.5. The molecule has 3 aromatic carbocycles. The lowest BCUT2D eigenvalue weighted by Crippen LogP contribution is -2.38. The first-order valence-electron chi connectivity index (χ1n) is 11.5. The summed E-state index contributed by atoms with van der Waals surface area (Å²) in [4.78, 5) is 17.7. The molecule has 0 aromatic heterocycles. The Bertz CT molecular complexity index is 1300. The van der Waals surface area contributed by atoms with Crippen LogP contribution in [0, 0.1) is 0 Å². The first-order chi connectivity index (χ1) is 17.1. The molecule has 0 atom stereocenters. The SMILES string of the molecule is CCN(CC)CCN(Cc1ccc(Cl)c(Cl)c1)C(=O)c1cccc(NS(=O)(=O)c2ccc(Br)cc2)c1. The van der Waals surface area contributed by atoms with Crippen molar-refractivity contribution in [1.82, 2.24) is 9.80 Å². The molecule has 0 aliphatic heterocycles. The maximum Gasteiger partial charge on any atom is 0.261 e. The number of sulfonamides is 1. The van der Waals surface area contributed by atoms with Gasteiger partial charge in [-0.05, 0) is 73.3 Å². The van der Waals surface area contributed by atoms with Gasteiger partial charge in [-0.1, -0.05) is 65.1 Å². The van der Waals surface area contributed by atoms with E-state index in [9.17, 15) is 13.2 Å². The summed E-state index contributed by atoms with van der Waals surface area (Å²) in [5.41, 5.74) is 1.54. The van der Waals surface area contributed by atoms with Crippen LogP contribution in [-0.2, 0) is 16.6 Å². The fourth-order valence-corrected chi connectivity index (χ4v) is 5.27. The Morgan fingerprint density at radius 3 is 2.25 bits per heavy atom. The highest BCUT2D eigenvalue weighted by Gasteiger charge is 2.20. The van der Waals surface area contributed by atoms with Crippen molar-refractivity contribution in [2.24, 2.45) is 0 Å². The van der Waals surface area contributed by atoms with Crippen molar-refractivity contribution in [2.75, 3.05) is 30.9 Å². The van der Waals surface area contributed by atoms with Crippen LogP contribution < -0.4 is 4.72 Å². The molecule has 10 heteroatoms. The third kappa shape index (κ3) is 7.70. The van der Waals surface area contributed by atoms with Gasteiger partial charge in [-0.2, -0.15) is 0 Å². The van der Waals surface area contributed by atoms with Gasteiger partial charge in [0, 0.05) is 35.4 Å². The van der Waals surface area contributed by atoms with Crippen LogP contribution in [0.2, 0.25) is 10.0 Å². The van der Waals surface area contributed by atoms with Crippen molar-refractivity contribution in [3.8, 4) is 0 Å². The van der Waals surface area contributed by atoms with E-state index in [0.717, 1.165) is 23.1 Å². The summed E-state index contributed by atoms with van der Waals surface area (Å²) < 4.78 is 29.0. The van der Waals surface area contributed by atoms with Gasteiger partial charge in [0.15, 0.2) is 0 Å². The largest absolute Gasteiger partial charge is 0.333 e. The van der Waals surface area contributed by atoms with Crippen LogP contribution in [0.3, 0.4) is 0 Å². The average molecular weight is 613 g/mol. The monoisotopic (exact) mass is 611 g/mol. The predicted molar refractivity (Wildman–Crippen MR) is 150 cm³/mol. The number of amides is 1. The second-order valence-corrected chi connectivity index (χ2v) is 11.6. The molecule has 0 fully saturated rings. The Kier molecular flexibility index (Phi) is 10.2. The second kappa shape index (κ2) is 12.9. The van der Waals surface area contributed by atoms with Crippen LogP contribution in [0.15, 0.2) is 76.1 Å². The molecule has 0 aliphatic carbocycles. The number of hydrogen-bond acceptors (Lipinski definition) is 4. The molecule has 0 bridgehead atoms. The van der Waals surface area contributed by atoms with Crippen LogP contribution in [0.5, 0.6) is 0 Å². The number of carbonyl (C=O) groups is 1. The minimum atomic E-state index is -3.81. The summed E-state index contributed by atoms with van der Waals surface area (Å²) >= 11 is 15.6. The lowest BCUT2D eigenvalue weighted by atomic mass is 10.1. The van der Waals surface area contributed by atoms with Crippen LogP contribution >= 0.6 is 39.1 Å². The first kappa shape index (κ1) is 28.5. The van der Waals surface area contributed by atoms with Crippen LogP contribution in [0.4, 0.5) is 5.69 Å². The number of halogens is 3. The van der Waals surface area contributed by atoms with Crippen LogP contribution in [0.1, 0.15) is 29.8 Å². The summed E-state index contributed by atoms with van der Waals surface area (Å²) in [5.74, 6) is -0.210. The van der Waals surface area contributed by atoms with E-state index in [-0.39, 0.29) is 10.8 Å². The van der Waals surface area contributed by atoms with E-state index < -0.39 is 10.0 Å². The molecule has 0 spiro atoms. The lowest BCUT2D eigenvalue weighted by molar-refractivity contribution is 0.0724. The fourth-order valence-electron chi connectivity index (χ4n) is 3.64. The zero-order valence-electron chi connectivity index (χ0n) is 20.0. The summed E-state index contributed by atoms with van der Waals surface area (Å²) in [6, 6.07) is 18.2. The highest BCUT2D eigenvalue weighted by molar-refractivity contribution is 9.10. The normalized spacial score (nSPS) is 11.5. The van der Waals surface area contributed by atoms with E-state index in [4.69, 9.17) is 23.2 Å². The molecule has 1 N–H and O–H groups in total. The van der Waals surface area contributed by atoms with Crippen LogP contribution in [-0.4, -0.2) is 50.3 Å². The summed E-state index contributed by atoms with van der Waals surface area (Å²) in [6.07, 6.45) is 0. The van der Waals surface area contributed by atoms with Gasteiger partial charge in [0.05, 0.1) is 14.9 Å². The fraction of sp³-hybridized carbons (Fsp3) is 0.269. The van der Waals surface area contributed by atoms with Gasteiger partial charge in [-0.25, -0.2) is 8.42 Å². The van der Waals surface area contributed by atoms with Gasteiger partial charge < -0.3 is 9.80 Å². The lowest BCUT2D eigenvalue weighted by Gasteiger charge is -2.27. The van der Waals surface area contributed by atoms with Crippen molar-refractivity contribution < 1.29 is 13.2 Å². The molecule has 0 aliphatic rings. The number of nitrogens with one attached hydrogen (secondary N) is 1. The quantitative estimate of drug-likeness (QED) is 0.267. The van der Waals surface area contributed by atoms with Gasteiger partial charge in [-0.3, -0.25) is 9.52 Å². The third-order valence-corrected chi connectivity index (χ3v) is 8.38. The number of benzene rings is 3. The van der Waals surface area contributed by atoms with Crippen LogP contribution in [0.25, 0.3) is 0 Å². The Morgan fingerprint density at radius 2 is 1.61 bits per heavy atom. The van der Waals surface area contributed by atoms with Crippen molar-refractivity contribution in [2.45, 2.75) is 25.3 Å². The van der Waals surface area contributed by atoms with Gasteiger partial charge in [0.2, 0.25) is 0 Å². The molecule has 6 nitrogen and oxygen atoms in total. The minimum Gasteiger partial charge on any atom is -0.333 e. The van der Waals surface area contributed by atoms with E-state index >= 15 is 0 Å². The number of likely N-dealkylation sites (N-methyl/N-ethyl adjacent to an activating group) is 1. The Balaban J connectivity index is 1.84. The molecular formula is C26H28BrCl2N3O3S. The smallest absolute Gasteiger partial charge is 0.261 e. The maximum absolute atomic E-state index is 13.6.